The Morgan fingerprint density at radius 1 is 1.21 bits per heavy atom. The van der Waals surface area contributed by atoms with Crippen molar-refractivity contribution in [2.24, 2.45) is 0 Å². The molecule has 0 radical (unpaired) electrons. The third-order valence-electron chi connectivity index (χ3n) is 5.07. The van der Waals surface area contributed by atoms with Gasteiger partial charge in [-0.2, -0.15) is 5.10 Å². The molecule has 146 valence electrons. The Kier molecular flexibility index (Phi) is 5.14. The summed E-state index contributed by atoms with van der Waals surface area (Å²) in [6, 6.07) is 7.33. The number of anilines is 1. The highest BCUT2D eigenvalue weighted by atomic mass is 16.5. The molecule has 28 heavy (non-hydrogen) atoms. The zero-order valence-corrected chi connectivity index (χ0v) is 16.0. The van der Waals surface area contributed by atoms with Crippen LogP contribution in [0.5, 0.6) is 5.75 Å². The Labute approximate surface area is 162 Å². The number of rotatable bonds is 6. The van der Waals surface area contributed by atoms with E-state index in [0.29, 0.717) is 30.1 Å². The van der Waals surface area contributed by atoms with E-state index in [2.05, 4.69) is 10.4 Å². The molecule has 0 spiro atoms. The van der Waals surface area contributed by atoms with Gasteiger partial charge in [0.25, 0.3) is 5.56 Å². The molecule has 1 aromatic carbocycles. The number of hydrogen-bond acceptors (Lipinski definition) is 4. The summed E-state index contributed by atoms with van der Waals surface area (Å²) in [5.41, 5.74) is 3.31. The van der Waals surface area contributed by atoms with Gasteiger partial charge in [-0.1, -0.05) is 12.1 Å². The number of nitrogens with one attached hydrogen (secondary N) is 1. The van der Waals surface area contributed by atoms with Gasteiger partial charge >= 0.3 is 0 Å². The van der Waals surface area contributed by atoms with Crippen molar-refractivity contribution in [3.8, 4) is 5.75 Å². The number of benzene rings is 1. The van der Waals surface area contributed by atoms with E-state index in [0.717, 1.165) is 36.9 Å². The van der Waals surface area contributed by atoms with Crippen molar-refractivity contribution >= 4 is 17.1 Å². The van der Waals surface area contributed by atoms with Gasteiger partial charge in [-0.05, 0) is 44.7 Å². The van der Waals surface area contributed by atoms with E-state index in [4.69, 9.17) is 4.74 Å². The van der Waals surface area contributed by atoms with Crippen molar-refractivity contribution in [2.75, 3.05) is 11.9 Å². The molecule has 1 N–H and O–H groups in total. The highest BCUT2D eigenvalue weighted by Gasteiger charge is 2.19. The smallest absolute Gasteiger partial charge is 0.276 e. The van der Waals surface area contributed by atoms with Crippen molar-refractivity contribution in [3.63, 3.8) is 0 Å². The number of aryl methyl sites for hydroxylation is 3. The minimum atomic E-state index is -0.158. The molecular formula is C21H24N4O3. The van der Waals surface area contributed by atoms with Crippen molar-refractivity contribution in [3.05, 3.63) is 58.3 Å². The molecule has 1 aliphatic rings. The maximum atomic E-state index is 12.9. The summed E-state index contributed by atoms with van der Waals surface area (Å²) in [6.07, 6.45) is 7.74. The SMILES string of the molecule is CCOc1ccccc1NC(=O)CCn1ccn2nc3c(c2c1=O)CCCC3. The largest absolute Gasteiger partial charge is 0.492 e. The van der Waals surface area contributed by atoms with Crippen LogP contribution in [-0.2, 0) is 24.2 Å². The lowest BCUT2D eigenvalue weighted by Gasteiger charge is -2.12. The second kappa shape index (κ2) is 7.88. The van der Waals surface area contributed by atoms with Crippen LogP contribution in [0.4, 0.5) is 5.69 Å². The highest BCUT2D eigenvalue weighted by Crippen LogP contribution is 2.24. The number of ether oxygens (including phenoxy) is 1. The minimum Gasteiger partial charge on any atom is -0.492 e. The molecule has 0 saturated heterocycles. The molecule has 0 unspecified atom stereocenters. The van der Waals surface area contributed by atoms with Gasteiger partial charge in [0, 0.05) is 30.9 Å². The van der Waals surface area contributed by atoms with Crippen molar-refractivity contribution in [1.82, 2.24) is 14.2 Å². The van der Waals surface area contributed by atoms with Gasteiger partial charge in [0.05, 0.1) is 18.0 Å². The first-order chi connectivity index (χ1) is 13.7. The molecule has 1 aliphatic carbocycles. The van der Waals surface area contributed by atoms with Crippen LogP contribution in [0.1, 0.15) is 37.4 Å². The highest BCUT2D eigenvalue weighted by molar-refractivity contribution is 5.92. The fourth-order valence-electron chi connectivity index (χ4n) is 3.72. The molecule has 0 aliphatic heterocycles. The predicted molar refractivity (Wildman–Crippen MR) is 107 cm³/mol. The second-order valence-corrected chi connectivity index (χ2v) is 6.95. The fraction of sp³-hybridized carbons (Fsp3) is 0.381. The van der Waals surface area contributed by atoms with E-state index in [-0.39, 0.29) is 17.9 Å². The third kappa shape index (κ3) is 3.52. The molecule has 2 heterocycles. The van der Waals surface area contributed by atoms with Crippen LogP contribution in [0, 0.1) is 0 Å². The second-order valence-electron chi connectivity index (χ2n) is 6.95. The van der Waals surface area contributed by atoms with E-state index in [9.17, 15) is 9.59 Å². The number of amides is 1. The lowest BCUT2D eigenvalue weighted by atomic mass is 9.97. The number of nitrogens with zero attached hydrogens (tertiary/aromatic N) is 3. The molecular weight excluding hydrogens is 356 g/mol. The molecule has 3 aromatic rings. The van der Waals surface area contributed by atoms with Gasteiger partial charge in [-0.3, -0.25) is 9.59 Å². The predicted octanol–water partition coefficient (Wildman–Crippen LogP) is 2.80. The normalized spacial score (nSPS) is 13.3. The van der Waals surface area contributed by atoms with Crippen LogP contribution in [0.15, 0.2) is 41.5 Å². The lowest BCUT2D eigenvalue weighted by Crippen LogP contribution is -2.25. The fourth-order valence-corrected chi connectivity index (χ4v) is 3.72. The maximum Gasteiger partial charge on any atom is 0.276 e. The number of hydrogen-bond donors (Lipinski definition) is 1. The van der Waals surface area contributed by atoms with Crippen LogP contribution >= 0.6 is 0 Å². The van der Waals surface area contributed by atoms with Gasteiger partial charge in [0.1, 0.15) is 11.3 Å². The average Bonchev–Trinajstić information content (AvgIpc) is 3.08. The van der Waals surface area contributed by atoms with E-state index in [1.165, 1.54) is 0 Å². The minimum absolute atomic E-state index is 0.0827. The standard InChI is InChI=1S/C21H24N4O3/c1-2-28-18-10-6-5-9-17(18)22-19(26)11-12-24-13-14-25-20(21(24)27)15-7-3-4-8-16(15)23-25/h5-6,9-10,13-14H,2-4,7-8,11-12H2,1H3,(H,22,26). The number of carbonyl (C=O) groups is 1. The number of carbonyl (C=O) groups excluding carboxylic acids is 1. The molecule has 7 heteroatoms. The van der Waals surface area contributed by atoms with Crippen LogP contribution < -0.4 is 15.6 Å². The summed E-state index contributed by atoms with van der Waals surface area (Å²) in [4.78, 5) is 25.3. The Morgan fingerprint density at radius 2 is 2.04 bits per heavy atom. The Bertz CT molecular complexity index is 1070. The topological polar surface area (TPSA) is 77.6 Å². The summed E-state index contributed by atoms with van der Waals surface area (Å²) < 4.78 is 8.82. The first kappa shape index (κ1) is 18.3. The molecule has 7 nitrogen and oxygen atoms in total. The Morgan fingerprint density at radius 3 is 2.89 bits per heavy atom. The molecule has 2 aromatic heterocycles. The molecule has 0 bridgehead atoms. The number of aromatic nitrogens is 3. The molecule has 0 saturated carbocycles. The van der Waals surface area contributed by atoms with Gasteiger partial charge in [0.15, 0.2) is 0 Å². The van der Waals surface area contributed by atoms with Crippen molar-refractivity contribution in [2.45, 2.75) is 45.6 Å². The van der Waals surface area contributed by atoms with Gasteiger partial charge < -0.3 is 14.6 Å². The van der Waals surface area contributed by atoms with E-state index in [1.54, 1.807) is 27.5 Å². The summed E-state index contributed by atoms with van der Waals surface area (Å²) in [7, 11) is 0. The van der Waals surface area contributed by atoms with Crippen LogP contribution in [-0.4, -0.2) is 26.7 Å². The van der Waals surface area contributed by atoms with Crippen LogP contribution in [0.25, 0.3) is 5.52 Å². The third-order valence-corrected chi connectivity index (χ3v) is 5.07. The monoisotopic (exact) mass is 380 g/mol. The summed E-state index contributed by atoms with van der Waals surface area (Å²) in [6.45, 7) is 2.74. The molecule has 4 rings (SSSR count). The zero-order chi connectivity index (χ0) is 19.5. The molecule has 1 amide bonds. The van der Waals surface area contributed by atoms with E-state index < -0.39 is 0 Å². The first-order valence-corrected chi connectivity index (χ1v) is 9.78. The van der Waals surface area contributed by atoms with Gasteiger partial charge in [0.2, 0.25) is 5.91 Å². The van der Waals surface area contributed by atoms with Crippen molar-refractivity contribution < 1.29 is 9.53 Å². The van der Waals surface area contributed by atoms with E-state index >= 15 is 0 Å². The number of para-hydroxylation sites is 2. The first-order valence-electron chi connectivity index (χ1n) is 9.78. The van der Waals surface area contributed by atoms with Crippen LogP contribution in [0.3, 0.4) is 0 Å². The van der Waals surface area contributed by atoms with Crippen molar-refractivity contribution in [1.29, 1.82) is 0 Å². The maximum absolute atomic E-state index is 12.9. The Hall–Kier alpha value is -3.09. The molecule has 0 atom stereocenters. The zero-order valence-electron chi connectivity index (χ0n) is 16.0. The quantitative estimate of drug-likeness (QED) is 0.713. The van der Waals surface area contributed by atoms with Gasteiger partial charge in [-0.15, -0.1) is 0 Å². The van der Waals surface area contributed by atoms with Crippen LogP contribution in [0.2, 0.25) is 0 Å². The van der Waals surface area contributed by atoms with Gasteiger partial charge in [-0.25, -0.2) is 4.52 Å². The summed E-state index contributed by atoms with van der Waals surface area (Å²) >= 11 is 0. The molecule has 0 fully saturated rings. The average molecular weight is 380 g/mol. The number of fused-ring (bicyclic) bond motifs is 3. The van der Waals surface area contributed by atoms with E-state index in [1.807, 2.05) is 25.1 Å². The summed E-state index contributed by atoms with van der Waals surface area (Å²) in [5, 5.41) is 7.41. The lowest BCUT2D eigenvalue weighted by molar-refractivity contribution is -0.116. The Balaban J connectivity index is 1.49. The summed E-state index contributed by atoms with van der Waals surface area (Å²) in [5.74, 6) is 0.484.